The standard InChI is InChI=1S/C18H12ClF2N3O/c19-15-9-13(4-6-16(15)21)23-17-7-5-14(10-22-17)24-18(25)11-2-1-3-12(20)8-11/h1-10H,(H,22,23)(H,24,25). The molecule has 0 aliphatic rings. The molecule has 0 aliphatic heterocycles. The smallest absolute Gasteiger partial charge is 0.255 e. The molecule has 0 bridgehead atoms. The number of rotatable bonds is 4. The van der Waals surface area contributed by atoms with Crippen LogP contribution in [-0.4, -0.2) is 10.9 Å². The molecule has 0 aliphatic carbocycles. The number of hydrogen-bond donors (Lipinski definition) is 2. The fraction of sp³-hybridized carbons (Fsp3) is 0. The third kappa shape index (κ3) is 4.30. The van der Waals surface area contributed by atoms with Crippen LogP contribution in [0.4, 0.5) is 26.0 Å². The largest absolute Gasteiger partial charge is 0.340 e. The zero-order chi connectivity index (χ0) is 17.8. The molecule has 4 nitrogen and oxygen atoms in total. The lowest BCUT2D eigenvalue weighted by atomic mass is 10.2. The third-order valence-corrected chi connectivity index (χ3v) is 3.59. The molecule has 0 atom stereocenters. The minimum atomic E-state index is -0.504. The van der Waals surface area contributed by atoms with Crippen LogP contribution in [0.25, 0.3) is 0 Å². The zero-order valence-electron chi connectivity index (χ0n) is 12.8. The molecule has 0 saturated heterocycles. The SMILES string of the molecule is O=C(Nc1ccc(Nc2ccc(F)c(Cl)c2)nc1)c1cccc(F)c1. The number of pyridine rings is 1. The van der Waals surface area contributed by atoms with Gasteiger partial charge in [0.1, 0.15) is 17.5 Å². The molecule has 0 saturated carbocycles. The van der Waals surface area contributed by atoms with E-state index in [9.17, 15) is 13.6 Å². The topological polar surface area (TPSA) is 54.0 Å². The van der Waals surface area contributed by atoms with Crippen molar-refractivity contribution in [2.45, 2.75) is 0 Å². The summed E-state index contributed by atoms with van der Waals surface area (Å²) in [6.07, 6.45) is 1.45. The van der Waals surface area contributed by atoms with Crippen LogP contribution in [0.3, 0.4) is 0 Å². The number of carbonyl (C=O) groups is 1. The lowest BCUT2D eigenvalue weighted by molar-refractivity contribution is 0.102. The quantitative estimate of drug-likeness (QED) is 0.688. The Morgan fingerprint density at radius 2 is 1.80 bits per heavy atom. The predicted molar refractivity (Wildman–Crippen MR) is 93.3 cm³/mol. The van der Waals surface area contributed by atoms with Crippen LogP contribution in [-0.2, 0) is 0 Å². The molecule has 1 aromatic heterocycles. The van der Waals surface area contributed by atoms with E-state index in [1.54, 1.807) is 12.1 Å². The monoisotopic (exact) mass is 359 g/mol. The van der Waals surface area contributed by atoms with E-state index >= 15 is 0 Å². The number of amides is 1. The van der Waals surface area contributed by atoms with Gasteiger partial charge in [0.25, 0.3) is 5.91 Å². The molecule has 1 amide bonds. The number of hydrogen-bond acceptors (Lipinski definition) is 3. The van der Waals surface area contributed by atoms with Crippen molar-refractivity contribution in [1.29, 1.82) is 0 Å². The zero-order valence-corrected chi connectivity index (χ0v) is 13.5. The molecular formula is C18H12ClF2N3O. The van der Waals surface area contributed by atoms with Crippen molar-refractivity contribution in [3.05, 3.63) is 83.0 Å². The number of nitrogens with zero attached hydrogens (tertiary/aromatic N) is 1. The molecule has 0 radical (unpaired) electrons. The Kier molecular flexibility index (Phi) is 4.90. The highest BCUT2D eigenvalue weighted by Gasteiger charge is 2.07. The van der Waals surface area contributed by atoms with E-state index < -0.39 is 17.5 Å². The van der Waals surface area contributed by atoms with Gasteiger partial charge in [-0.25, -0.2) is 13.8 Å². The fourth-order valence-electron chi connectivity index (χ4n) is 2.10. The second-order valence-corrected chi connectivity index (χ2v) is 5.56. The number of halogens is 3. The van der Waals surface area contributed by atoms with Crippen LogP contribution in [0.1, 0.15) is 10.4 Å². The van der Waals surface area contributed by atoms with E-state index in [4.69, 9.17) is 11.6 Å². The van der Waals surface area contributed by atoms with Gasteiger partial charge in [0.15, 0.2) is 0 Å². The van der Waals surface area contributed by atoms with Crippen molar-refractivity contribution in [2.75, 3.05) is 10.6 Å². The summed E-state index contributed by atoms with van der Waals surface area (Å²) in [6.45, 7) is 0. The molecule has 3 aromatic rings. The molecule has 7 heteroatoms. The summed E-state index contributed by atoms with van der Waals surface area (Å²) >= 11 is 5.72. The van der Waals surface area contributed by atoms with E-state index in [0.717, 1.165) is 6.07 Å². The Balaban J connectivity index is 1.67. The van der Waals surface area contributed by atoms with Gasteiger partial charge in [-0.1, -0.05) is 17.7 Å². The molecule has 0 fully saturated rings. The van der Waals surface area contributed by atoms with E-state index in [1.807, 2.05) is 0 Å². The van der Waals surface area contributed by atoms with Crippen molar-refractivity contribution in [3.8, 4) is 0 Å². The second-order valence-electron chi connectivity index (χ2n) is 5.15. The van der Waals surface area contributed by atoms with Gasteiger partial charge in [0.2, 0.25) is 0 Å². The highest BCUT2D eigenvalue weighted by atomic mass is 35.5. The van der Waals surface area contributed by atoms with Gasteiger partial charge < -0.3 is 10.6 Å². The number of anilines is 3. The average Bonchev–Trinajstić information content (AvgIpc) is 2.60. The summed E-state index contributed by atoms with van der Waals surface area (Å²) in [6, 6.07) is 12.9. The van der Waals surface area contributed by atoms with Crippen LogP contribution in [0.15, 0.2) is 60.8 Å². The number of carbonyl (C=O) groups excluding carboxylic acids is 1. The Morgan fingerprint density at radius 3 is 2.48 bits per heavy atom. The Labute approximate surface area is 147 Å². The van der Waals surface area contributed by atoms with E-state index in [0.29, 0.717) is 17.2 Å². The lowest BCUT2D eigenvalue weighted by Crippen LogP contribution is -2.12. The highest BCUT2D eigenvalue weighted by Crippen LogP contribution is 2.22. The Hall–Kier alpha value is -2.99. The maximum Gasteiger partial charge on any atom is 0.255 e. The van der Waals surface area contributed by atoms with Crippen molar-refractivity contribution in [3.63, 3.8) is 0 Å². The van der Waals surface area contributed by atoms with Crippen LogP contribution in [0, 0.1) is 11.6 Å². The summed E-state index contributed by atoms with van der Waals surface area (Å²) in [5, 5.41) is 5.60. The first-order valence-electron chi connectivity index (χ1n) is 7.26. The maximum atomic E-state index is 13.1. The van der Waals surface area contributed by atoms with Crippen molar-refractivity contribution in [2.24, 2.45) is 0 Å². The lowest BCUT2D eigenvalue weighted by Gasteiger charge is -2.08. The molecular weight excluding hydrogens is 348 g/mol. The summed E-state index contributed by atoms with van der Waals surface area (Å²) in [5.74, 6) is -0.933. The van der Waals surface area contributed by atoms with Crippen LogP contribution in [0.5, 0.6) is 0 Å². The van der Waals surface area contributed by atoms with Gasteiger partial charge in [0.05, 0.1) is 16.9 Å². The minimum Gasteiger partial charge on any atom is -0.340 e. The maximum absolute atomic E-state index is 13.1. The molecule has 2 N–H and O–H groups in total. The Morgan fingerprint density at radius 1 is 1.00 bits per heavy atom. The number of benzene rings is 2. The molecule has 2 aromatic carbocycles. The van der Waals surface area contributed by atoms with Gasteiger partial charge in [-0.15, -0.1) is 0 Å². The van der Waals surface area contributed by atoms with Crippen LogP contribution >= 0.6 is 11.6 Å². The van der Waals surface area contributed by atoms with E-state index in [2.05, 4.69) is 15.6 Å². The van der Waals surface area contributed by atoms with Gasteiger partial charge in [-0.05, 0) is 48.5 Å². The first-order valence-corrected chi connectivity index (χ1v) is 7.64. The summed E-state index contributed by atoms with van der Waals surface area (Å²) < 4.78 is 26.3. The number of nitrogens with one attached hydrogen (secondary N) is 2. The van der Waals surface area contributed by atoms with Crippen LogP contribution < -0.4 is 10.6 Å². The average molecular weight is 360 g/mol. The fourth-order valence-corrected chi connectivity index (χ4v) is 2.28. The Bertz CT molecular complexity index is 916. The second kappa shape index (κ2) is 7.27. The highest BCUT2D eigenvalue weighted by molar-refractivity contribution is 6.31. The van der Waals surface area contributed by atoms with Crippen molar-refractivity contribution < 1.29 is 13.6 Å². The molecule has 3 rings (SSSR count). The van der Waals surface area contributed by atoms with Gasteiger partial charge >= 0.3 is 0 Å². The first kappa shape index (κ1) is 16.9. The molecule has 126 valence electrons. The van der Waals surface area contributed by atoms with Crippen LogP contribution in [0.2, 0.25) is 5.02 Å². The van der Waals surface area contributed by atoms with Crippen molar-refractivity contribution in [1.82, 2.24) is 4.98 Å². The first-order chi connectivity index (χ1) is 12.0. The predicted octanol–water partition coefficient (Wildman–Crippen LogP) is 5.01. The van der Waals surface area contributed by atoms with E-state index in [1.165, 1.54) is 42.6 Å². The number of aromatic nitrogens is 1. The van der Waals surface area contributed by atoms with E-state index in [-0.39, 0.29) is 10.6 Å². The minimum absolute atomic E-state index is 0.00368. The molecule has 1 heterocycles. The van der Waals surface area contributed by atoms with Gasteiger partial charge in [-0.2, -0.15) is 0 Å². The van der Waals surface area contributed by atoms with Crippen molar-refractivity contribution >= 4 is 34.7 Å². The van der Waals surface area contributed by atoms with Gasteiger partial charge in [-0.3, -0.25) is 4.79 Å². The normalized spacial score (nSPS) is 10.4. The molecule has 25 heavy (non-hydrogen) atoms. The summed E-state index contributed by atoms with van der Waals surface area (Å²) in [4.78, 5) is 16.2. The summed E-state index contributed by atoms with van der Waals surface area (Å²) in [7, 11) is 0. The molecule has 0 spiro atoms. The van der Waals surface area contributed by atoms with Gasteiger partial charge in [0, 0.05) is 11.3 Å². The molecule has 0 unspecified atom stereocenters. The summed E-state index contributed by atoms with van der Waals surface area (Å²) in [5.41, 5.74) is 1.25. The third-order valence-electron chi connectivity index (χ3n) is 3.30.